The lowest BCUT2D eigenvalue weighted by Gasteiger charge is -2.26. The van der Waals surface area contributed by atoms with Gasteiger partial charge in [0.2, 0.25) is 0 Å². The number of nitrogens with one attached hydrogen (secondary N) is 1. The van der Waals surface area contributed by atoms with Crippen molar-refractivity contribution in [1.82, 2.24) is 0 Å². The van der Waals surface area contributed by atoms with Crippen molar-refractivity contribution in [3.8, 4) is 5.75 Å². The predicted molar refractivity (Wildman–Crippen MR) is 81.7 cm³/mol. The number of ether oxygens (including phenoxy) is 1. The molecule has 1 aromatic rings. The molecule has 0 fully saturated rings. The fourth-order valence-corrected chi connectivity index (χ4v) is 2.97. The Kier molecular flexibility index (Phi) is 4.89. The summed E-state index contributed by atoms with van der Waals surface area (Å²) < 4.78 is 5.52. The summed E-state index contributed by atoms with van der Waals surface area (Å²) in [6.45, 7) is 8.33. The Morgan fingerprint density at radius 3 is 2.95 bits per heavy atom. The molecule has 1 aliphatic rings. The average molecular weight is 259 g/mol. The van der Waals surface area contributed by atoms with E-state index in [4.69, 9.17) is 4.74 Å². The van der Waals surface area contributed by atoms with Gasteiger partial charge in [-0.3, -0.25) is 0 Å². The summed E-state index contributed by atoms with van der Waals surface area (Å²) in [7, 11) is 0. The van der Waals surface area contributed by atoms with E-state index in [1.807, 2.05) is 19.1 Å². The molecule has 0 amide bonds. The zero-order chi connectivity index (χ0) is 13.7. The number of benzene rings is 1. The molecule has 0 aliphatic heterocycles. The highest BCUT2D eigenvalue weighted by Gasteiger charge is 2.17. The molecule has 1 aromatic carbocycles. The van der Waals surface area contributed by atoms with Gasteiger partial charge in [-0.1, -0.05) is 24.6 Å². The number of hydrogen-bond donors (Lipinski definition) is 1. The van der Waals surface area contributed by atoms with Crippen LogP contribution in [0.15, 0.2) is 35.9 Å². The summed E-state index contributed by atoms with van der Waals surface area (Å²) in [5.74, 6) is 2.41. The Bertz CT molecular complexity index is 439. The molecule has 1 aliphatic carbocycles. The van der Waals surface area contributed by atoms with Gasteiger partial charge in [-0.15, -0.1) is 0 Å². The SMILES string of the molecule is CCOc1cccc(NCC2CC(C)=CC(C)C2)c1. The van der Waals surface area contributed by atoms with E-state index < -0.39 is 0 Å². The van der Waals surface area contributed by atoms with E-state index in [0.29, 0.717) is 6.61 Å². The van der Waals surface area contributed by atoms with Crippen LogP contribution in [0.3, 0.4) is 0 Å². The van der Waals surface area contributed by atoms with Crippen LogP contribution in [0.4, 0.5) is 5.69 Å². The third kappa shape index (κ3) is 4.30. The van der Waals surface area contributed by atoms with Crippen molar-refractivity contribution in [2.75, 3.05) is 18.5 Å². The van der Waals surface area contributed by atoms with Crippen molar-refractivity contribution in [2.24, 2.45) is 11.8 Å². The average Bonchev–Trinajstić information content (AvgIpc) is 2.36. The second-order valence-corrected chi connectivity index (χ2v) is 5.64. The second-order valence-electron chi connectivity index (χ2n) is 5.64. The van der Waals surface area contributed by atoms with Gasteiger partial charge in [-0.05, 0) is 50.7 Å². The van der Waals surface area contributed by atoms with E-state index in [0.717, 1.165) is 29.8 Å². The Hall–Kier alpha value is -1.44. The van der Waals surface area contributed by atoms with E-state index in [1.165, 1.54) is 18.4 Å². The molecular formula is C17H25NO. The Morgan fingerprint density at radius 1 is 1.37 bits per heavy atom. The Balaban J connectivity index is 1.88. The molecule has 2 unspecified atom stereocenters. The van der Waals surface area contributed by atoms with Crippen molar-refractivity contribution in [1.29, 1.82) is 0 Å². The molecule has 0 spiro atoms. The zero-order valence-corrected chi connectivity index (χ0v) is 12.3. The summed E-state index contributed by atoms with van der Waals surface area (Å²) in [6, 6.07) is 8.24. The molecule has 0 aromatic heterocycles. The maximum atomic E-state index is 5.52. The molecule has 0 heterocycles. The molecule has 1 N–H and O–H groups in total. The maximum absolute atomic E-state index is 5.52. The number of allylic oxidation sites excluding steroid dienone is 2. The maximum Gasteiger partial charge on any atom is 0.121 e. The van der Waals surface area contributed by atoms with Crippen LogP contribution in [-0.2, 0) is 0 Å². The largest absolute Gasteiger partial charge is 0.494 e. The second kappa shape index (κ2) is 6.65. The lowest BCUT2D eigenvalue weighted by Crippen LogP contribution is -2.20. The van der Waals surface area contributed by atoms with Gasteiger partial charge in [0, 0.05) is 18.3 Å². The lowest BCUT2D eigenvalue weighted by atomic mass is 9.84. The highest BCUT2D eigenvalue weighted by molar-refractivity contribution is 5.48. The molecular weight excluding hydrogens is 234 g/mol. The predicted octanol–water partition coefficient (Wildman–Crippen LogP) is 4.49. The van der Waals surface area contributed by atoms with Gasteiger partial charge in [-0.2, -0.15) is 0 Å². The highest BCUT2D eigenvalue weighted by Crippen LogP contribution is 2.28. The van der Waals surface area contributed by atoms with E-state index in [1.54, 1.807) is 0 Å². The standard InChI is InChI=1S/C17H25NO/c1-4-19-17-7-5-6-16(11-17)18-12-15-9-13(2)8-14(3)10-15/h5-8,11,13,15,18H,4,9-10,12H2,1-3H3. The normalized spacial score (nSPS) is 22.8. The summed E-state index contributed by atoms with van der Waals surface area (Å²) in [6.07, 6.45) is 4.92. The molecule has 2 nitrogen and oxygen atoms in total. The van der Waals surface area contributed by atoms with Gasteiger partial charge in [-0.25, -0.2) is 0 Å². The van der Waals surface area contributed by atoms with Gasteiger partial charge >= 0.3 is 0 Å². The first-order chi connectivity index (χ1) is 9.17. The van der Waals surface area contributed by atoms with Crippen LogP contribution in [0.5, 0.6) is 5.75 Å². The zero-order valence-electron chi connectivity index (χ0n) is 12.3. The van der Waals surface area contributed by atoms with Crippen molar-refractivity contribution in [2.45, 2.75) is 33.6 Å². The summed E-state index contributed by atoms with van der Waals surface area (Å²) in [4.78, 5) is 0. The number of hydrogen-bond acceptors (Lipinski definition) is 2. The minimum atomic E-state index is 0.716. The lowest BCUT2D eigenvalue weighted by molar-refractivity contribution is 0.340. The summed E-state index contributed by atoms with van der Waals surface area (Å²) in [5.41, 5.74) is 2.69. The minimum absolute atomic E-state index is 0.716. The van der Waals surface area contributed by atoms with Gasteiger partial charge in [0.05, 0.1) is 6.61 Å². The monoisotopic (exact) mass is 259 g/mol. The topological polar surface area (TPSA) is 21.3 Å². The fourth-order valence-electron chi connectivity index (χ4n) is 2.97. The first-order valence-corrected chi connectivity index (χ1v) is 7.31. The van der Waals surface area contributed by atoms with Crippen molar-refractivity contribution >= 4 is 5.69 Å². The van der Waals surface area contributed by atoms with Crippen LogP contribution in [0, 0.1) is 11.8 Å². The molecule has 2 heteroatoms. The van der Waals surface area contributed by atoms with Crippen LogP contribution < -0.4 is 10.1 Å². The molecule has 2 atom stereocenters. The van der Waals surface area contributed by atoms with Crippen LogP contribution in [0.25, 0.3) is 0 Å². The molecule has 19 heavy (non-hydrogen) atoms. The highest BCUT2D eigenvalue weighted by atomic mass is 16.5. The first-order valence-electron chi connectivity index (χ1n) is 7.31. The van der Waals surface area contributed by atoms with E-state index in [2.05, 4.69) is 37.4 Å². The third-order valence-corrected chi connectivity index (χ3v) is 3.62. The van der Waals surface area contributed by atoms with E-state index >= 15 is 0 Å². The van der Waals surface area contributed by atoms with Gasteiger partial charge in [0.1, 0.15) is 5.75 Å². The smallest absolute Gasteiger partial charge is 0.121 e. The summed E-state index contributed by atoms with van der Waals surface area (Å²) in [5, 5.41) is 3.55. The quantitative estimate of drug-likeness (QED) is 0.787. The third-order valence-electron chi connectivity index (χ3n) is 3.62. The number of anilines is 1. The summed E-state index contributed by atoms with van der Waals surface area (Å²) >= 11 is 0. The minimum Gasteiger partial charge on any atom is -0.494 e. The molecule has 0 saturated carbocycles. The van der Waals surface area contributed by atoms with Gasteiger partial charge in [0.15, 0.2) is 0 Å². The number of rotatable bonds is 5. The van der Waals surface area contributed by atoms with Crippen LogP contribution in [0.2, 0.25) is 0 Å². The molecule has 104 valence electrons. The van der Waals surface area contributed by atoms with Crippen molar-refractivity contribution in [3.05, 3.63) is 35.9 Å². The molecule has 2 rings (SSSR count). The Morgan fingerprint density at radius 2 is 2.21 bits per heavy atom. The van der Waals surface area contributed by atoms with Crippen molar-refractivity contribution < 1.29 is 4.74 Å². The van der Waals surface area contributed by atoms with Crippen LogP contribution in [0.1, 0.15) is 33.6 Å². The van der Waals surface area contributed by atoms with Gasteiger partial charge < -0.3 is 10.1 Å². The molecule has 0 saturated heterocycles. The van der Waals surface area contributed by atoms with Gasteiger partial charge in [0.25, 0.3) is 0 Å². The Labute approximate surface area is 116 Å². The molecule has 0 radical (unpaired) electrons. The van der Waals surface area contributed by atoms with Crippen LogP contribution in [-0.4, -0.2) is 13.2 Å². The van der Waals surface area contributed by atoms with E-state index in [9.17, 15) is 0 Å². The van der Waals surface area contributed by atoms with Crippen LogP contribution >= 0.6 is 0 Å². The van der Waals surface area contributed by atoms with Crippen molar-refractivity contribution in [3.63, 3.8) is 0 Å². The fraction of sp³-hybridized carbons (Fsp3) is 0.529. The van der Waals surface area contributed by atoms with E-state index in [-0.39, 0.29) is 0 Å². The molecule has 0 bridgehead atoms. The first kappa shape index (κ1) is 14.0.